The van der Waals surface area contributed by atoms with Gasteiger partial charge in [-0.2, -0.15) is 0 Å². The number of benzene rings is 1. The normalized spacial score (nSPS) is 18.9. The summed E-state index contributed by atoms with van der Waals surface area (Å²) in [6, 6.07) is 11.9. The fraction of sp³-hybridized carbons (Fsp3) is 0.538. The van der Waals surface area contributed by atoms with Gasteiger partial charge in [0.05, 0.1) is 26.0 Å². The van der Waals surface area contributed by atoms with Gasteiger partial charge in [-0.05, 0) is 75.0 Å². The summed E-state index contributed by atoms with van der Waals surface area (Å²) >= 11 is 0. The molecule has 32 heavy (non-hydrogen) atoms. The van der Waals surface area contributed by atoms with Gasteiger partial charge in [0.15, 0.2) is 0 Å². The van der Waals surface area contributed by atoms with Crippen molar-refractivity contribution in [3.8, 4) is 11.5 Å². The molecule has 172 valence electrons. The smallest absolute Gasteiger partial charge is 0.223 e. The number of nitrogens with one attached hydrogen (secondary N) is 1. The lowest BCUT2D eigenvalue weighted by atomic mass is 9.86. The maximum Gasteiger partial charge on any atom is 0.223 e. The Morgan fingerprint density at radius 1 is 1.09 bits per heavy atom. The van der Waals surface area contributed by atoms with Gasteiger partial charge >= 0.3 is 0 Å². The van der Waals surface area contributed by atoms with Crippen molar-refractivity contribution in [3.63, 3.8) is 0 Å². The van der Waals surface area contributed by atoms with Gasteiger partial charge in [-0.15, -0.1) is 0 Å². The van der Waals surface area contributed by atoms with Gasteiger partial charge < -0.3 is 14.8 Å². The molecule has 0 unspecified atom stereocenters. The summed E-state index contributed by atoms with van der Waals surface area (Å²) in [4.78, 5) is 20.0. The number of carbonyl (C=O) groups is 1. The maximum atomic E-state index is 12.9. The lowest BCUT2D eigenvalue weighted by Crippen LogP contribution is -2.42. The predicted octanol–water partition coefficient (Wildman–Crippen LogP) is 4.36. The van der Waals surface area contributed by atoms with Crippen LogP contribution < -0.4 is 14.8 Å². The van der Waals surface area contributed by atoms with Crippen LogP contribution in [0.4, 0.5) is 0 Å². The SMILES string of the molecule is COc1ccc(OC)c(CN2CCC([C@H](NC(=O)C3CCCC3)c3ccccn3)CC2)c1. The lowest BCUT2D eigenvalue weighted by Gasteiger charge is -2.36. The van der Waals surface area contributed by atoms with E-state index < -0.39 is 0 Å². The summed E-state index contributed by atoms with van der Waals surface area (Å²) in [6.07, 6.45) is 8.24. The third-order valence-electron chi connectivity index (χ3n) is 7.02. The van der Waals surface area contributed by atoms with Crippen LogP contribution in [0.5, 0.6) is 11.5 Å². The molecule has 0 spiro atoms. The van der Waals surface area contributed by atoms with Crippen molar-refractivity contribution >= 4 is 5.91 Å². The molecule has 4 rings (SSSR count). The first-order valence-electron chi connectivity index (χ1n) is 11.8. The van der Waals surface area contributed by atoms with E-state index in [0.717, 1.165) is 68.1 Å². The number of ether oxygens (including phenoxy) is 2. The van der Waals surface area contributed by atoms with Crippen molar-refractivity contribution in [1.82, 2.24) is 15.2 Å². The number of nitrogens with zero attached hydrogens (tertiary/aromatic N) is 2. The minimum atomic E-state index is -0.0159. The zero-order valence-electron chi connectivity index (χ0n) is 19.3. The van der Waals surface area contributed by atoms with Crippen LogP contribution in [-0.4, -0.2) is 43.1 Å². The van der Waals surface area contributed by atoms with Crippen LogP contribution in [0, 0.1) is 11.8 Å². The number of hydrogen-bond donors (Lipinski definition) is 1. The number of hydrogen-bond acceptors (Lipinski definition) is 5. The predicted molar refractivity (Wildman–Crippen MR) is 125 cm³/mol. The van der Waals surface area contributed by atoms with Crippen molar-refractivity contribution in [2.75, 3.05) is 27.3 Å². The largest absolute Gasteiger partial charge is 0.497 e. The summed E-state index contributed by atoms with van der Waals surface area (Å²) in [5.74, 6) is 2.51. The second-order valence-corrected chi connectivity index (χ2v) is 9.01. The molecule has 2 fully saturated rings. The number of pyridine rings is 1. The highest BCUT2D eigenvalue weighted by Crippen LogP contribution is 2.33. The molecule has 1 atom stereocenters. The van der Waals surface area contributed by atoms with E-state index in [1.165, 1.54) is 12.8 Å². The standard InChI is InChI=1S/C26H35N3O3/c1-31-22-10-11-24(32-2)21(17-22)18-29-15-12-19(13-16-29)25(23-9-5-6-14-27-23)28-26(30)20-7-3-4-8-20/h5-6,9-11,14,17,19-20,25H,3-4,7-8,12-13,15-16,18H2,1-2H3,(H,28,30)/t25-/m0/s1. The van der Waals surface area contributed by atoms with Crippen molar-refractivity contribution < 1.29 is 14.3 Å². The first kappa shape index (κ1) is 22.6. The Morgan fingerprint density at radius 2 is 1.88 bits per heavy atom. The molecular formula is C26H35N3O3. The van der Waals surface area contributed by atoms with Gasteiger partial charge in [0.2, 0.25) is 5.91 Å². The monoisotopic (exact) mass is 437 g/mol. The fourth-order valence-corrected chi connectivity index (χ4v) is 5.14. The third kappa shape index (κ3) is 5.41. The van der Waals surface area contributed by atoms with Crippen LogP contribution in [-0.2, 0) is 11.3 Å². The Balaban J connectivity index is 1.41. The molecular weight excluding hydrogens is 402 g/mol. The van der Waals surface area contributed by atoms with Gasteiger partial charge in [-0.1, -0.05) is 18.9 Å². The molecule has 1 aromatic carbocycles. The van der Waals surface area contributed by atoms with Gasteiger partial charge in [0, 0.05) is 24.2 Å². The van der Waals surface area contributed by atoms with Crippen LogP contribution in [0.25, 0.3) is 0 Å². The van der Waals surface area contributed by atoms with E-state index in [9.17, 15) is 4.79 Å². The summed E-state index contributed by atoms with van der Waals surface area (Å²) in [7, 11) is 3.40. The van der Waals surface area contributed by atoms with Gasteiger partial charge in [0.1, 0.15) is 11.5 Å². The van der Waals surface area contributed by atoms with Crippen LogP contribution in [0.2, 0.25) is 0 Å². The second-order valence-electron chi connectivity index (χ2n) is 9.01. The van der Waals surface area contributed by atoms with E-state index >= 15 is 0 Å². The minimum Gasteiger partial charge on any atom is -0.497 e. The molecule has 1 N–H and O–H groups in total. The molecule has 1 aliphatic heterocycles. The van der Waals surface area contributed by atoms with Crippen molar-refractivity contribution in [2.45, 2.75) is 51.1 Å². The Bertz CT molecular complexity index is 875. The molecule has 1 aromatic heterocycles. The highest BCUT2D eigenvalue weighted by atomic mass is 16.5. The molecule has 1 saturated carbocycles. The number of likely N-dealkylation sites (tertiary alicyclic amines) is 1. The average molecular weight is 438 g/mol. The first-order valence-corrected chi connectivity index (χ1v) is 11.8. The van der Waals surface area contributed by atoms with Gasteiger partial charge in [0.25, 0.3) is 0 Å². The number of aromatic nitrogens is 1. The zero-order valence-corrected chi connectivity index (χ0v) is 19.3. The molecule has 6 nitrogen and oxygen atoms in total. The van der Waals surface area contributed by atoms with E-state index in [1.54, 1.807) is 14.2 Å². The maximum absolute atomic E-state index is 12.9. The Labute approximate surface area is 191 Å². The van der Waals surface area contributed by atoms with E-state index in [2.05, 4.69) is 21.3 Å². The van der Waals surface area contributed by atoms with Crippen LogP contribution >= 0.6 is 0 Å². The molecule has 2 heterocycles. The number of piperidine rings is 1. The van der Waals surface area contributed by atoms with Crippen molar-refractivity contribution in [2.24, 2.45) is 11.8 Å². The van der Waals surface area contributed by atoms with Crippen LogP contribution in [0.3, 0.4) is 0 Å². The van der Waals surface area contributed by atoms with Crippen molar-refractivity contribution in [1.29, 1.82) is 0 Å². The number of methoxy groups -OCH3 is 2. The third-order valence-corrected chi connectivity index (χ3v) is 7.02. The number of amides is 1. The Morgan fingerprint density at radius 3 is 2.53 bits per heavy atom. The Hall–Kier alpha value is -2.60. The summed E-state index contributed by atoms with van der Waals surface area (Å²) in [5, 5.41) is 3.39. The van der Waals surface area contributed by atoms with E-state index in [4.69, 9.17) is 9.47 Å². The van der Waals surface area contributed by atoms with E-state index in [-0.39, 0.29) is 17.9 Å². The molecule has 2 aliphatic rings. The average Bonchev–Trinajstić information content (AvgIpc) is 3.39. The molecule has 6 heteroatoms. The molecule has 1 amide bonds. The summed E-state index contributed by atoms with van der Waals surface area (Å²) in [6.45, 7) is 2.79. The van der Waals surface area contributed by atoms with Gasteiger partial charge in [-0.3, -0.25) is 14.7 Å². The minimum absolute atomic E-state index is 0.0159. The quantitative estimate of drug-likeness (QED) is 0.665. The number of carbonyl (C=O) groups excluding carboxylic acids is 1. The molecule has 0 radical (unpaired) electrons. The molecule has 2 aromatic rings. The van der Waals surface area contributed by atoms with E-state index in [0.29, 0.717) is 5.92 Å². The Kier molecular flexibility index (Phi) is 7.63. The zero-order chi connectivity index (χ0) is 22.3. The topological polar surface area (TPSA) is 63.7 Å². The molecule has 1 aliphatic carbocycles. The molecule has 0 bridgehead atoms. The highest BCUT2D eigenvalue weighted by molar-refractivity contribution is 5.79. The lowest BCUT2D eigenvalue weighted by molar-refractivity contribution is -0.126. The summed E-state index contributed by atoms with van der Waals surface area (Å²) < 4.78 is 11.0. The van der Waals surface area contributed by atoms with Gasteiger partial charge in [-0.25, -0.2) is 0 Å². The van der Waals surface area contributed by atoms with Crippen LogP contribution in [0.15, 0.2) is 42.6 Å². The van der Waals surface area contributed by atoms with Crippen LogP contribution in [0.1, 0.15) is 55.8 Å². The van der Waals surface area contributed by atoms with E-state index in [1.807, 2.05) is 36.5 Å². The highest BCUT2D eigenvalue weighted by Gasteiger charge is 2.32. The molecule has 1 saturated heterocycles. The number of rotatable bonds is 8. The fourth-order valence-electron chi connectivity index (χ4n) is 5.14. The summed E-state index contributed by atoms with van der Waals surface area (Å²) in [5.41, 5.74) is 2.12. The van der Waals surface area contributed by atoms with Crippen molar-refractivity contribution in [3.05, 3.63) is 53.9 Å². The first-order chi connectivity index (χ1) is 15.7. The second kappa shape index (κ2) is 10.8.